The summed E-state index contributed by atoms with van der Waals surface area (Å²) in [7, 11) is 5.49. The van der Waals surface area contributed by atoms with Crippen molar-refractivity contribution in [3.63, 3.8) is 0 Å². The van der Waals surface area contributed by atoms with E-state index >= 15 is 0 Å². The molecule has 8 heteroatoms. The molecule has 2 aliphatic carbocycles. The molecule has 1 unspecified atom stereocenters. The number of methoxy groups -OCH3 is 2. The van der Waals surface area contributed by atoms with E-state index in [9.17, 15) is 10.2 Å². The Balaban J connectivity index is 0.00000212. The number of nitrogens with zero attached hydrogens (tertiary/aromatic N) is 3. The summed E-state index contributed by atoms with van der Waals surface area (Å²) in [6.07, 6.45) is 17.7. The summed E-state index contributed by atoms with van der Waals surface area (Å²) in [5.41, 5.74) is 7.61. The van der Waals surface area contributed by atoms with Gasteiger partial charge >= 0.3 is 0 Å². The standard InChI is InChI=1S/C40H50N4O4.C2H6/c1-43(24-26-10-14-41-35(18-26)30-20-33(28-6-4-7-28)39(45)37(22-30)47-2)32-12-16-44(17-13-32)25-27-11-15-42-36(19-27)31-21-34(29-8-5-9-29)40(46)38(23-31)48-3;1-2/h10-11,14-15,18-23,28-29,32,36,42,45-46H,4-9,12-13,16-17,24-25H2,1-3H3;1-2H3. The van der Waals surface area contributed by atoms with Gasteiger partial charge in [-0.15, -0.1) is 0 Å². The van der Waals surface area contributed by atoms with E-state index in [2.05, 4.69) is 64.8 Å². The Labute approximate surface area is 298 Å². The molecule has 8 nitrogen and oxygen atoms in total. The third kappa shape index (κ3) is 7.82. The van der Waals surface area contributed by atoms with Crippen molar-refractivity contribution in [2.75, 3.05) is 40.9 Å². The number of hydrogen-bond donors (Lipinski definition) is 3. The number of nitrogens with one attached hydrogen (secondary N) is 1. The van der Waals surface area contributed by atoms with Gasteiger partial charge in [0.2, 0.25) is 0 Å². The Morgan fingerprint density at radius 3 is 2.12 bits per heavy atom. The largest absolute Gasteiger partial charge is 0.504 e. The second kappa shape index (κ2) is 16.3. The molecule has 0 radical (unpaired) electrons. The van der Waals surface area contributed by atoms with Crippen LogP contribution in [0.2, 0.25) is 0 Å². The number of phenolic OH excluding ortho intramolecular Hbond substituents is 2. The number of aromatic nitrogens is 1. The van der Waals surface area contributed by atoms with Crippen LogP contribution >= 0.6 is 0 Å². The summed E-state index contributed by atoms with van der Waals surface area (Å²) in [5.74, 6) is 2.49. The lowest BCUT2D eigenvalue weighted by molar-refractivity contribution is 0.129. The maximum absolute atomic E-state index is 10.8. The molecule has 2 aliphatic heterocycles. The predicted octanol–water partition coefficient (Wildman–Crippen LogP) is 8.42. The van der Waals surface area contributed by atoms with E-state index in [0.717, 1.165) is 92.7 Å². The molecule has 3 heterocycles. The minimum atomic E-state index is 0.0553. The smallest absolute Gasteiger partial charge is 0.161 e. The van der Waals surface area contributed by atoms with Gasteiger partial charge in [0, 0.05) is 42.0 Å². The van der Waals surface area contributed by atoms with Crippen molar-refractivity contribution < 1.29 is 19.7 Å². The molecule has 7 rings (SSSR count). The van der Waals surface area contributed by atoms with Crippen LogP contribution in [0.5, 0.6) is 23.0 Å². The molecule has 3 aromatic rings. The number of pyridine rings is 1. The fourth-order valence-corrected chi connectivity index (χ4v) is 7.78. The van der Waals surface area contributed by atoms with Crippen LogP contribution < -0.4 is 14.8 Å². The molecule has 0 spiro atoms. The summed E-state index contributed by atoms with van der Waals surface area (Å²) >= 11 is 0. The van der Waals surface area contributed by atoms with Gasteiger partial charge in [-0.2, -0.15) is 0 Å². The van der Waals surface area contributed by atoms with Crippen LogP contribution in [0.25, 0.3) is 11.3 Å². The summed E-state index contributed by atoms with van der Waals surface area (Å²) in [6, 6.07) is 13.1. The molecule has 4 aliphatic rings. The number of piperidine rings is 1. The molecule has 1 saturated heterocycles. The van der Waals surface area contributed by atoms with Crippen molar-refractivity contribution in [3.8, 4) is 34.3 Å². The molecule has 1 atom stereocenters. The highest BCUT2D eigenvalue weighted by Crippen LogP contribution is 2.47. The number of likely N-dealkylation sites (tertiary alicyclic amines) is 1. The zero-order valence-corrected chi connectivity index (χ0v) is 30.6. The number of benzene rings is 2. The highest BCUT2D eigenvalue weighted by molar-refractivity contribution is 5.67. The van der Waals surface area contributed by atoms with Crippen LogP contribution in [0.15, 0.2) is 66.5 Å². The van der Waals surface area contributed by atoms with Crippen molar-refractivity contribution in [1.82, 2.24) is 20.1 Å². The van der Waals surface area contributed by atoms with Gasteiger partial charge in [-0.25, -0.2) is 0 Å². The van der Waals surface area contributed by atoms with Gasteiger partial charge < -0.3 is 25.0 Å². The molecule has 50 heavy (non-hydrogen) atoms. The number of aromatic hydroxyl groups is 2. The number of ether oxygens (including phenoxy) is 2. The minimum absolute atomic E-state index is 0.0553. The number of hydrogen-bond acceptors (Lipinski definition) is 8. The first-order chi connectivity index (χ1) is 24.4. The van der Waals surface area contributed by atoms with Crippen LogP contribution in [0, 0.1) is 0 Å². The highest BCUT2D eigenvalue weighted by Gasteiger charge is 2.28. The normalized spacial score (nSPS) is 19.9. The Morgan fingerprint density at radius 1 is 0.860 bits per heavy atom. The second-order valence-corrected chi connectivity index (χ2v) is 14.2. The topological polar surface area (TPSA) is 90.3 Å². The number of rotatable bonds is 11. The van der Waals surface area contributed by atoms with Crippen molar-refractivity contribution in [2.24, 2.45) is 0 Å². The van der Waals surface area contributed by atoms with E-state index in [1.165, 1.54) is 24.0 Å². The predicted molar refractivity (Wildman–Crippen MR) is 201 cm³/mol. The molecular weight excluding hydrogens is 624 g/mol. The van der Waals surface area contributed by atoms with Gasteiger partial charge in [0.25, 0.3) is 0 Å². The maximum atomic E-state index is 10.8. The van der Waals surface area contributed by atoms with Gasteiger partial charge in [-0.05, 0) is 136 Å². The van der Waals surface area contributed by atoms with E-state index in [-0.39, 0.29) is 11.8 Å². The van der Waals surface area contributed by atoms with E-state index < -0.39 is 0 Å². The third-order valence-corrected chi connectivity index (χ3v) is 11.2. The first kappa shape index (κ1) is 35.8. The summed E-state index contributed by atoms with van der Waals surface area (Å²) in [6.45, 7) is 7.93. The lowest BCUT2D eigenvalue weighted by atomic mass is 9.78. The number of dihydropyridines is 1. The molecule has 2 aromatic carbocycles. The Morgan fingerprint density at radius 2 is 1.50 bits per heavy atom. The molecule has 3 N–H and O–H groups in total. The molecule has 1 aromatic heterocycles. The first-order valence-corrected chi connectivity index (χ1v) is 18.7. The van der Waals surface area contributed by atoms with Crippen molar-refractivity contribution in [2.45, 2.75) is 95.7 Å². The van der Waals surface area contributed by atoms with E-state index in [1.807, 2.05) is 32.2 Å². The monoisotopic (exact) mass is 680 g/mol. The van der Waals surface area contributed by atoms with Crippen LogP contribution in [0.1, 0.15) is 105 Å². The Hall–Kier alpha value is -4.01. The van der Waals surface area contributed by atoms with E-state index in [4.69, 9.17) is 14.5 Å². The molecule has 268 valence electrons. The second-order valence-electron chi connectivity index (χ2n) is 14.2. The molecule has 3 fully saturated rings. The van der Waals surface area contributed by atoms with Gasteiger partial charge in [-0.1, -0.05) is 32.8 Å². The summed E-state index contributed by atoms with van der Waals surface area (Å²) < 4.78 is 11.1. The third-order valence-electron chi connectivity index (χ3n) is 11.2. The Bertz CT molecular complexity index is 1670. The average molecular weight is 681 g/mol. The fourth-order valence-electron chi connectivity index (χ4n) is 7.78. The highest BCUT2D eigenvalue weighted by atomic mass is 16.5. The van der Waals surface area contributed by atoms with Crippen LogP contribution in [0.4, 0.5) is 0 Å². The quantitative estimate of drug-likeness (QED) is 0.186. The van der Waals surface area contributed by atoms with Gasteiger partial charge in [-0.3, -0.25) is 14.8 Å². The summed E-state index contributed by atoms with van der Waals surface area (Å²) in [5, 5.41) is 25.1. The van der Waals surface area contributed by atoms with E-state index in [1.54, 1.807) is 14.2 Å². The lowest BCUT2D eigenvalue weighted by Crippen LogP contribution is -2.43. The van der Waals surface area contributed by atoms with Crippen LogP contribution in [0.3, 0.4) is 0 Å². The molecule has 2 saturated carbocycles. The average Bonchev–Trinajstić information content (AvgIpc) is 3.10. The van der Waals surface area contributed by atoms with Gasteiger partial charge in [0.05, 0.1) is 26.0 Å². The SMILES string of the molecule is CC.COc1cc(-c2cc(CN(C)C3CCN(CC4=CC(c5cc(OC)c(O)c(C6CCC6)c5)NC=C4)CC3)ccn2)cc(C2CCC2)c1O. The lowest BCUT2D eigenvalue weighted by Gasteiger charge is -2.37. The minimum Gasteiger partial charge on any atom is -0.504 e. The molecule has 0 bridgehead atoms. The Kier molecular flexibility index (Phi) is 11.7. The molecule has 0 amide bonds. The van der Waals surface area contributed by atoms with Gasteiger partial charge in [0.15, 0.2) is 23.0 Å². The van der Waals surface area contributed by atoms with Crippen molar-refractivity contribution in [3.05, 3.63) is 88.8 Å². The van der Waals surface area contributed by atoms with Crippen molar-refractivity contribution >= 4 is 0 Å². The molecular formula is C42H56N4O4. The fraction of sp³-hybridized carbons (Fsp3) is 0.500. The van der Waals surface area contributed by atoms with E-state index in [0.29, 0.717) is 35.1 Å². The zero-order valence-electron chi connectivity index (χ0n) is 30.6. The zero-order chi connectivity index (χ0) is 35.2. The first-order valence-electron chi connectivity index (χ1n) is 18.7. The van der Waals surface area contributed by atoms with Crippen LogP contribution in [-0.2, 0) is 6.54 Å². The van der Waals surface area contributed by atoms with Crippen LogP contribution in [-0.4, -0.2) is 71.9 Å². The number of phenols is 2. The maximum Gasteiger partial charge on any atom is 0.161 e. The van der Waals surface area contributed by atoms with Gasteiger partial charge in [0.1, 0.15) is 0 Å². The van der Waals surface area contributed by atoms with Crippen molar-refractivity contribution in [1.29, 1.82) is 0 Å². The summed E-state index contributed by atoms with van der Waals surface area (Å²) in [4.78, 5) is 9.77.